The number of nitrogens with one attached hydrogen (secondary N) is 2. The number of guanidine groups is 1. The summed E-state index contributed by atoms with van der Waals surface area (Å²) >= 11 is 0. The van der Waals surface area contributed by atoms with Crippen LogP contribution in [0.5, 0.6) is 0 Å². The largest absolute Gasteiger partial charge is 0.356 e. The van der Waals surface area contributed by atoms with Crippen LogP contribution < -0.4 is 10.6 Å². The first-order valence-electron chi connectivity index (χ1n) is 8.24. The van der Waals surface area contributed by atoms with Gasteiger partial charge in [-0.2, -0.15) is 5.10 Å². The van der Waals surface area contributed by atoms with Crippen LogP contribution in [0.2, 0.25) is 0 Å². The number of aliphatic imine (C=N–C) groups is 1. The van der Waals surface area contributed by atoms with Crippen molar-refractivity contribution in [3.8, 4) is 0 Å². The Morgan fingerprint density at radius 1 is 1.25 bits per heavy atom. The van der Waals surface area contributed by atoms with Crippen LogP contribution in [0.1, 0.15) is 38.6 Å². The molecule has 0 amide bonds. The zero-order valence-corrected chi connectivity index (χ0v) is 16.5. The summed E-state index contributed by atoms with van der Waals surface area (Å²) in [6.07, 6.45) is 0.906. The summed E-state index contributed by atoms with van der Waals surface area (Å²) in [6, 6.07) is 2.06. The van der Waals surface area contributed by atoms with E-state index in [-0.39, 0.29) is 5.75 Å². The molecule has 1 aromatic heterocycles. The molecule has 0 atom stereocenters. The maximum Gasteiger partial charge on any atom is 0.191 e. The first kappa shape index (κ1) is 20.5. The summed E-state index contributed by atoms with van der Waals surface area (Å²) in [5.74, 6) is 0.704. The smallest absolute Gasteiger partial charge is 0.191 e. The van der Waals surface area contributed by atoms with Gasteiger partial charge in [0, 0.05) is 32.4 Å². The molecule has 1 rings (SSSR count). The van der Waals surface area contributed by atoms with Gasteiger partial charge in [-0.15, -0.1) is 0 Å². The number of sulfone groups is 1. The Morgan fingerprint density at radius 2 is 1.88 bits per heavy atom. The SMILES string of the molecule is CN=C(NCCCn1nc(C)cc1C)NCCS(=O)(=O)C(C)(C)C. The number of aryl methyl sites for hydroxylation is 3. The summed E-state index contributed by atoms with van der Waals surface area (Å²) in [4.78, 5) is 4.11. The third kappa shape index (κ3) is 6.14. The molecule has 0 unspecified atom stereocenters. The van der Waals surface area contributed by atoms with Crippen LogP contribution in [-0.4, -0.2) is 54.8 Å². The minimum absolute atomic E-state index is 0.0863. The lowest BCUT2D eigenvalue weighted by atomic mass is 10.3. The fourth-order valence-corrected chi connectivity index (χ4v) is 3.15. The van der Waals surface area contributed by atoms with Gasteiger partial charge in [0.15, 0.2) is 15.8 Å². The van der Waals surface area contributed by atoms with Crippen molar-refractivity contribution >= 4 is 15.8 Å². The lowest BCUT2D eigenvalue weighted by Crippen LogP contribution is -2.42. The van der Waals surface area contributed by atoms with Crippen molar-refractivity contribution in [2.45, 2.75) is 52.3 Å². The third-order valence-corrected chi connectivity index (χ3v) is 6.37. The van der Waals surface area contributed by atoms with Gasteiger partial charge in [-0.25, -0.2) is 8.42 Å². The molecule has 0 radical (unpaired) electrons. The van der Waals surface area contributed by atoms with Crippen molar-refractivity contribution in [1.29, 1.82) is 0 Å². The second-order valence-corrected chi connectivity index (χ2v) is 9.72. The number of hydrogen-bond donors (Lipinski definition) is 2. The Hall–Kier alpha value is -1.57. The molecule has 7 nitrogen and oxygen atoms in total. The standard InChI is InChI=1S/C16H31N5O2S/c1-13-12-14(2)21(20-13)10-7-8-18-15(17-6)19-9-11-24(22,23)16(3,4)5/h12H,7-11H2,1-6H3,(H2,17,18,19). The third-order valence-electron chi connectivity index (χ3n) is 3.76. The minimum Gasteiger partial charge on any atom is -0.356 e. The van der Waals surface area contributed by atoms with E-state index < -0.39 is 14.6 Å². The molecule has 0 aliphatic rings. The first-order valence-corrected chi connectivity index (χ1v) is 9.90. The molecule has 0 fully saturated rings. The fraction of sp³-hybridized carbons (Fsp3) is 0.750. The maximum atomic E-state index is 12.1. The van der Waals surface area contributed by atoms with Gasteiger partial charge >= 0.3 is 0 Å². The molecule has 0 aliphatic heterocycles. The quantitative estimate of drug-likeness (QED) is 0.436. The summed E-state index contributed by atoms with van der Waals surface area (Å²) in [5.41, 5.74) is 2.18. The van der Waals surface area contributed by atoms with E-state index in [0.717, 1.165) is 30.9 Å². The van der Waals surface area contributed by atoms with Gasteiger partial charge in [0.25, 0.3) is 0 Å². The van der Waals surface area contributed by atoms with Gasteiger partial charge in [0.2, 0.25) is 0 Å². The molecular formula is C16H31N5O2S. The van der Waals surface area contributed by atoms with Crippen LogP contribution in [0.4, 0.5) is 0 Å². The number of nitrogens with zero attached hydrogens (tertiary/aromatic N) is 3. The summed E-state index contributed by atoms with van der Waals surface area (Å²) in [6.45, 7) is 11.1. The molecule has 138 valence electrons. The van der Waals surface area contributed by atoms with Gasteiger partial charge in [-0.3, -0.25) is 9.67 Å². The van der Waals surface area contributed by atoms with E-state index in [2.05, 4.69) is 26.8 Å². The highest BCUT2D eigenvalue weighted by atomic mass is 32.2. The van der Waals surface area contributed by atoms with Gasteiger partial charge < -0.3 is 10.6 Å². The Kier molecular flexibility index (Phi) is 7.26. The van der Waals surface area contributed by atoms with Crippen LogP contribution in [0.25, 0.3) is 0 Å². The molecule has 24 heavy (non-hydrogen) atoms. The Balaban J connectivity index is 2.32. The van der Waals surface area contributed by atoms with Crippen molar-refractivity contribution in [1.82, 2.24) is 20.4 Å². The van der Waals surface area contributed by atoms with Gasteiger partial charge in [0.1, 0.15) is 0 Å². The zero-order valence-electron chi connectivity index (χ0n) is 15.7. The van der Waals surface area contributed by atoms with Gasteiger partial charge in [-0.1, -0.05) is 0 Å². The van der Waals surface area contributed by atoms with E-state index in [0.29, 0.717) is 12.5 Å². The Morgan fingerprint density at radius 3 is 2.38 bits per heavy atom. The molecule has 1 heterocycles. The molecule has 2 N–H and O–H groups in total. The van der Waals surface area contributed by atoms with Gasteiger partial charge in [0.05, 0.1) is 16.2 Å². The molecule has 0 saturated heterocycles. The van der Waals surface area contributed by atoms with Crippen molar-refractivity contribution in [3.63, 3.8) is 0 Å². The molecule has 8 heteroatoms. The number of rotatable bonds is 7. The second-order valence-electron chi connectivity index (χ2n) is 6.86. The van der Waals surface area contributed by atoms with Crippen molar-refractivity contribution in [2.75, 3.05) is 25.9 Å². The molecule has 0 spiro atoms. The van der Waals surface area contributed by atoms with Crippen LogP contribution in [-0.2, 0) is 16.4 Å². The van der Waals surface area contributed by atoms with Crippen molar-refractivity contribution in [2.24, 2.45) is 4.99 Å². The zero-order chi connectivity index (χ0) is 18.4. The summed E-state index contributed by atoms with van der Waals surface area (Å²) < 4.78 is 25.4. The van der Waals surface area contributed by atoms with Crippen LogP contribution in [0.15, 0.2) is 11.1 Å². The molecule has 0 saturated carbocycles. The normalized spacial score (nSPS) is 13.2. The molecule has 0 aromatic carbocycles. The minimum atomic E-state index is -3.12. The highest BCUT2D eigenvalue weighted by molar-refractivity contribution is 7.92. The average molecular weight is 358 g/mol. The fourth-order valence-electron chi connectivity index (χ4n) is 2.17. The average Bonchev–Trinajstić information content (AvgIpc) is 2.78. The predicted molar refractivity (Wildman–Crippen MR) is 99.2 cm³/mol. The van der Waals surface area contributed by atoms with Crippen LogP contribution in [0, 0.1) is 13.8 Å². The Bertz CT molecular complexity index is 656. The monoisotopic (exact) mass is 357 g/mol. The van der Waals surface area contributed by atoms with E-state index in [9.17, 15) is 8.42 Å². The highest BCUT2D eigenvalue weighted by Crippen LogP contribution is 2.15. The number of aromatic nitrogens is 2. The first-order chi connectivity index (χ1) is 11.1. The van der Waals surface area contributed by atoms with Gasteiger partial charge in [-0.05, 0) is 47.1 Å². The molecule has 0 aliphatic carbocycles. The Labute approximate surface area is 145 Å². The lowest BCUT2D eigenvalue weighted by molar-refractivity contribution is 0.553. The van der Waals surface area contributed by atoms with E-state index in [1.165, 1.54) is 0 Å². The molecular weight excluding hydrogens is 326 g/mol. The second kappa shape index (κ2) is 8.50. The van der Waals surface area contributed by atoms with Crippen molar-refractivity contribution < 1.29 is 8.42 Å². The van der Waals surface area contributed by atoms with E-state index in [1.807, 2.05) is 18.5 Å². The summed E-state index contributed by atoms with van der Waals surface area (Å²) in [5, 5.41) is 10.7. The predicted octanol–water partition coefficient (Wildman–Crippen LogP) is 1.27. The molecule has 1 aromatic rings. The maximum absolute atomic E-state index is 12.1. The lowest BCUT2D eigenvalue weighted by Gasteiger charge is -2.19. The summed E-state index contributed by atoms with van der Waals surface area (Å²) in [7, 11) is -1.45. The topological polar surface area (TPSA) is 88.4 Å². The van der Waals surface area contributed by atoms with Crippen molar-refractivity contribution in [3.05, 3.63) is 17.5 Å². The van der Waals surface area contributed by atoms with Crippen LogP contribution in [0.3, 0.4) is 0 Å². The van der Waals surface area contributed by atoms with E-state index in [1.54, 1.807) is 27.8 Å². The highest BCUT2D eigenvalue weighted by Gasteiger charge is 2.28. The van der Waals surface area contributed by atoms with E-state index in [4.69, 9.17) is 0 Å². The van der Waals surface area contributed by atoms with E-state index >= 15 is 0 Å². The molecule has 0 bridgehead atoms. The number of hydrogen-bond acceptors (Lipinski definition) is 4. The van der Waals surface area contributed by atoms with Crippen LogP contribution >= 0.6 is 0 Å².